The van der Waals surface area contributed by atoms with E-state index in [4.69, 9.17) is 0 Å². The Kier molecular flexibility index (Phi) is 8.81. The summed E-state index contributed by atoms with van der Waals surface area (Å²) in [6, 6.07) is 4.82. The molecule has 0 amide bonds. The predicted molar refractivity (Wildman–Crippen MR) is 80.3 cm³/mol. The number of alkyl halides is 3. The van der Waals surface area contributed by atoms with Crippen LogP contribution in [0.4, 0.5) is 13.2 Å². The van der Waals surface area contributed by atoms with Crippen LogP contribution < -0.4 is 0 Å². The van der Waals surface area contributed by atoms with Crippen molar-refractivity contribution in [1.29, 1.82) is 0 Å². The van der Waals surface area contributed by atoms with Gasteiger partial charge < -0.3 is 0 Å². The van der Waals surface area contributed by atoms with Crippen LogP contribution in [0.1, 0.15) is 11.1 Å². The predicted octanol–water partition coefficient (Wildman–Crippen LogP) is 4.48. The van der Waals surface area contributed by atoms with E-state index in [1.807, 2.05) is 57.8 Å². The normalized spacial score (nSPS) is 17.5. The van der Waals surface area contributed by atoms with Crippen molar-refractivity contribution in [2.45, 2.75) is 6.18 Å². The molecule has 23 heavy (non-hydrogen) atoms. The van der Waals surface area contributed by atoms with Crippen molar-refractivity contribution in [3.8, 4) is 11.8 Å². The molecule has 2 aliphatic carbocycles. The maximum absolute atomic E-state index is 12.3. The van der Waals surface area contributed by atoms with Gasteiger partial charge in [0.25, 0.3) is 0 Å². The van der Waals surface area contributed by atoms with Gasteiger partial charge in [0.05, 0.1) is 11.5 Å². The molecule has 116 valence electrons. The molecule has 0 atom stereocenters. The second kappa shape index (κ2) is 10.1. The van der Waals surface area contributed by atoms with E-state index in [9.17, 15) is 13.2 Å². The Morgan fingerprint density at radius 2 is 1.13 bits per heavy atom. The topological polar surface area (TPSA) is 0 Å². The Morgan fingerprint density at radius 1 is 0.652 bits per heavy atom. The quantitative estimate of drug-likeness (QED) is 0.476. The van der Waals surface area contributed by atoms with Crippen LogP contribution in [0.15, 0.2) is 24.3 Å². The molecule has 0 spiro atoms. The summed E-state index contributed by atoms with van der Waals surface area (Å²) in [6.07, 6.45) is 13.1. The SMILES string of the molecule is FC(F)(F)c1ccc(C#C[C]2[CH][CH][CH][CH]2)cc1.[CH]1[CH][CH][CH][CH]1.[Fe+2]. The van der Waals surface area contributed by atoms with Gasteiger partial charge in [-0.3, -0.25) is 0 Å². The largest absolute Gasteiger partial charge is 2.00 e. The molecule has 4 heteroatoms. The van der Waals surface area contributed by atoms with Gasteiger partial charge in [0.1, 0.15) is 0 Å². The van der Waals surface area contributed by atoms with Gasteiger partial charge in [-0.25, -0.2) is 0 Å². The Hall–Kier alpha value is -0.911. The summed E-state index contributed by atoms with van der Waals surface area (Å²) in [5.41, 5.74) is -0.0874. The summed E-state index contributed by atoms with van der Waals surface area (Å²) >= 11 is 0. The zero-order chi connectivity index (χ0) is 15.8. The van der Waals surface area contributed by atoms with Gasteiger partial charge in [0, 0.05) is 5.56 Å². The number of hydrogen-bond acceptors (Lipinski definition) is 0. The fourth-order valence-corrected chi connectivity index (χ4v) is 1.66. The summed E-state index contributed by atoms with van der Waals surface area (Å²) in [5, 5.41) is 0. The molecule has 0 N–H and O–H groups in total. The zero-order valence-electron chi connectivity index (χ0n) is 12.0. The third kappa shape index (κ3) is 7.46. The van der Waals surface area contributed by atoms with Gasteiger partial charge in [-0.2, -0.15) is 13.2 Å². The fraction of sp³-hybridized carbons (Fsp3) is 0.0526. The number of rotatable bonds is 0. The first-order chi connectivity index (χ1) is 10.6. The molecule has 0 aliphatic heterocycles. The summed E-state index contributed by atoms with van der Waals surface area (Å²) in [4.78, 5) is 0. The van der Waals surface area contributed by atoms with Gasteiger partial charge in [0.2, 0.25) is 0 Å². The molecule has 2 aliphatic rings. The van der Waals surface area contributed by atoms with E-state index in [-0.39, 0.29) is 17.1 Å². The van der Waals surface area contributed by atoms with E-state index in [0.717, 1.165) is 18.1 Å². The fourth-order valence-electron chi connectivity index (χ4n) is 1.66. The van der Waals surface area contributed by atoms with Gasteiger partial charge in [-0.05, 0) is 82.1 Å². The Bertz CT molecular complexity index is 491. The Morgan fingerprint density at radius 3 is 1.57 bits per heavy atom. The average molecular weight is 354 g/mol. The van der Waals surface area contributed by atoms with E-state index < -0.39 is 11.7 Å². The van der Waals surface area contributed by atoms with Gasteiger partial charge in [-0.1, -0.05) is 11.8 Å². The molecule has 0 saturated heterocycles. The standard InChI is InChI=1S/C14H8F3.C5H5.Fe/c15-14(16,17)13-9-7-12(8-10-13)6-5-11-3-1-2-4-11;1-2-4-5-3-1;/h1-4,7-10H;1-5H;/q;;+2. The molecule has 0 nitrogen and oxygen atoms in total. The summed E-state index contributed by atoms with van der Waals surface area (Å²) in [5.74, 6) is 6.53. The van der Waals surface area contributed by atoms with Crippen LogP contribution in [0.2, 0.25) is 0 Å². The van der Waals surface area contributed by atoms with Gasteiger partial charge in [-0.15, -0.1) is 0 Å². The smallest absolute Gasteiger partial charge is 0.166 e. The van der Waals surface area contributed by atoms with Crippen LogP contribution in [0.3, 0.4) is 0 Å². The maximum Gasteiger partial charge on any atom is 2.00 e. The van der Waals surface area contributed by atoms with Crippen molar-refractivity contribution in [3.05, 3.63) is 99.1 Å². The van der Waals surface area contributed by atoms with Crippen molar-refractivity contribution in [1.82, 2.24) is 0 Å². The molecular formula is C19H13F3Fe+2. The van der Waals surface area contributed by atoms with E-state index in [1.165, 1.54) is 12.1 Å². The van der Waals surface area contributed by atoms with Gasteiger partial charge in [0.15, 0.2) is 0 Å². The van der Waals surface area contributed by atoms with Crippen molar-refractivity contribution < 1.29 is 30.2 Å². The third-order valence-electron chi connectivity index (χ3n) is 2.78. The molecular weight excluding hydrogens is 341 g/mol. The zero-order valence-corrected chi connectivity index (χ0v) is 13.1. The molecule has 3 rings (SSSR count). The molecule has 0 heterocycles. The molecule has 0 bridgehead atoms. The van der Waals surface area contributed by atoms with E-state index in [2.05, 4.69) is 11.8 Å². The third-order valence-corrected chi connectivity index (χ3v) is 2.78. The van der Waals surface area contributed by atoms with Crippen LogP contribution >= 0.6 is 0 Å². The Balaban J connectivity index is 0.000000377. The molecule has 2 fully saturated rings. The first-order valence-corrected chi connectivity index (χ1v) is 6.63. The van der Waals surface area contributed by atoms with Crippen molar-refractivity contribution in [3.63, 3.8) is 0 Å². The molecule has 0 unspecified atom stereocenters. The van der Waals surface area contributed by atoms with Crippen LogP contribution in [-0.2, 0) is 23.2 Å². The maximum atomic E-state index is 12.3. The minimum atomic E-state index is -4.29. The van der Waals surface area contributed by atoms with Crippen LogP contribution in [0.5, 0.6) is 0 Å². The first kappa shape index (κ1) is 20.1. The molecule has 1 aromatic rings. The Labute approximate surface area is 147 Å². The molecule has 1 aromatic carbocycles. The number of halogens is 3. The van der Waals surface area contributed by atoms with Crippen molar-refractivity contribution >= 4 is 0 Å². The van der Waals surface area contributed by atoms with Crippen molar-refractivity contribution in [2.75, 3.05) is 0 Å². The minimum Gasteiger partial charge on any atom is -0.166 e. The van der Waals surface area contributed by atoms with Crippen molar-refractivity contribution in [2.24, 2.45) is 0 Å². The average Bonchev–Trinajstić information content (AvgIpc) is 3.20. The van der Waals surface area contributed by atoms with Gasteiger partial charge >= 0.3 is 23.2 Å². The monoisotopic (exact) mass is 354 g/mol. The summed E-state index contributed by atoms with van der Waals surface area (Å²) in [6.45, 7) is 0. The summed E-state index contributed by atoms with van der Waals surface area (Å²) in [7, 11) is 0. The van der Waals surface area contributed by atoms with E-state index >= 15 is 0 Å². The minimum absolute atomic E-state index is 0. The van der Waals surface area contributed by atoms with Crippen LogP contribution in [0.25, 0.3) is 0 Å². The summed E-state index contributed by atoms with van der Waals surface area (Å²) < 4.78 is 36.9. The van der Waals surface area contributed by atoms with Crippen LogP contribution in [0, 0.1) is 75.5 Å². The van der Waals surface area contributed by atoms with E-state index in [0.29, 0.717) is 5.56 Å². The second-order valence-corrected chi connectivity index (χ2v) is 4.46. The number of benzene rings is 1. The second-order valence-electron chi connectivity index (χ2n) is 4.46. The molecule has 2 saturated carbocycles. The molecule has 0 aromatic heterocycles. The first-order valence-electron chi connectivity index (χ1n) is 6.63. The number of hydrogen-bond donors (Lipinski definition) is 0. The van der Waals surface area contributed by atoms with Crippen LogP contribution in [-0.4, -0.2) is 0 Å². The molecule has 10 radical (unpaired) electrons. The van der Waals surface area contributed by atoms with E-state index in [1.54, 1.807) is 0 Å².